The number of aliphatic hydroxyl groups is 1. The highest BCUT2D eigenvalue weighted by molar-refractivity contribution is 7.89. The number of rotatable bonds is 8. The third kappa shape index (κ3) is 5.19. The monoisotopic (exact) mass is 248 g/mol. The molecule has 7 nitrogen and oxygen atoms in total. The number of aryl methyl sites for hydroxylation is 1. The molecule has 8 heteroatoms. The van der Waals surface area contributed by atoms with Crippen LogP contribution in [-0.2, 0) is 16.6 Å². The summed E-state index contributed by atoms with van der Waals surface area (Å²) in [5, 5.41) is 15.9. The second kappa shape index (κ2) is 6.56. The Morgan fingerprint density at radius 1 is 1.38 bits per heavy atom. The van der Waals surface area contributed by atoms with Gasteiger partial charge in [-0.1, -0.05) is 5.21 Å². The van der Waals surface area contributed by atoms with Crippen LogP contribution in [0, 0.1) is 0 Å². The van der Waals surface area contributed by atoms with Gasteiger partial charge in [0.05, 0.1) is 11.9 Å². The Morgan fingerprint density at radius 3 is 2.81 bits per heavy atom. The second-order valence-electron chi connectivity index (χ2n) is 3.31. The number of aromatic nitrogens is 3. The summed E-state index contributed by atoms with van der Waals surface area (Å²) in [4.78, 5) is 0. The van der Waals surface area contributed by atoms with Gasteiger partial charge in [0.15, 0.2) is 0 Å². The molecule has 0 saturated carbocycles. The Balaban J connectivity index is 2.15. The SMILES string of the molecule is O=S(=O)(CCCO)NCCCn1ccnn1. The van der Waals surface area contributed by atoms with Gasteiger partial charge < -0.3 is 5.11 Å². The van der Waals surface area contributed by atoms with Crippen molar-refractivity contribution >= 4 is 10.0 Å². The fourth-order valence-electron chi connectivity index (χ4n) is 1.15. The number of aliphatic hydroxyl groups excluding tert-OH is 1. The highest BCUT2D eigenvalue weighted by atomic mass is 32.2. The Morgan fingerprint density at radius 2 is 2.19 bits per heavy atom. The summed E-state index contributed by atoms with van der Waals surface area (Å²) < 4.78 is 26.7. The Kier molecular flexibility index (Phi) is 5.36. The van der Waals surface area contributed by atoms with Crippen molar-refractivity contribution in [3.8, 4) is 0 Å². The fourth-order valence-corrected chi connectivity index (χ4v) is 2.26. The number of nitrogens with one attached hydrogen (secondary N) is 1. The Bertz CT molecular complexity index is 376. The van der Waals surface area contributed by atoms with Crippen LogP contribution in [0.3, 0.4) is 0 Å². The smallest absolute Gasteiger partial charge is 0.211 e. The zero-order valence-corrected chi connectivity index (χ0v) is 9.73. The van der Waals surface area contributed by atoms with E-state index in [-0.39, 0.29) is 18.8 Å². The fraction of sp³-hybridized carbons (Fsp3) is 0.750. The van der Waals surface area contributed by atoms with Crippen LogP contribution in [0.5, 0.6) is 0 Å². The van der Waals surface area contributed by atoms with Crippen LogP contribution >= 0.6 is 0 Å². The summed E-state index contributed by atoms with van der Waals surface area (Å²) in [5.74, 6) is -0.0349. The normalized spacial score (nSPS) is 11.8. The van der Waals surface area contributed by atoms with Gasteiger partial charge in [0.2, 0.25) is 10.0 Å². The topological polar surface area (TPSA) is 97.1 Å². The molecule has 0 bridgehead atoms. The molecule has 0 fully saturated rings. The van der Waals surface area contributed by atoms with Crippen molar-refractivity contribution in [2.24, 2.45) is 0 Å². The standard InChI is InChI=1S/C8H16N4O3S/c13-7-2-8-16(14,15)10-3-1-5-12-6-4-9-11-12/h4,6,10,13H,1-3,5,7-8H2. The van der Waals surface area contributed by atoms with E-state index in [9.17, 15) is 8.42 Å². The van der Waals surface area contributed by atoms with Crippen molar-refractivity contribution in [2.75, 3.05) is 18.9 Å². The van der Waals surface area contributed by atoms with Gasteiger partial charge in [0, 0.05) is 25.9 Å². The minimum Gasteiger partial charge on any atom is -0.396 e. The van der Waals surface area contributed by atoms with Gasteiger partial charge in [-0.2, -0.15) is 0 Å². The molecule has 1 aromatic rings. The molecule has 1 aromatic heterocycles. The van der Waals surface area contributed by atoms with Gasteiger partial charge in [0.1, 0.15) is 0 Å². The molecule has 0 radical (unpaired) electrons. The summed E-state index contributed by atoms with van der Waals surface area (Å²) >= 11 is 0. The zero-order chi connectivity index (χ0) is 11.9. The van der Waals surface area contributed by atoms with E-state index in [4.69, 9.17) is 5.11 Å². The molecule has 0 aliphatic carbocycles. The molecule has 0 amide bonds. The predicted molar refractivity (Wildman–Crippen MR) is 58.1 cm³/mol. The molecule has 16 heavy (non-hydrogen) atoms. The molecule has 0 atom stereocenters. The van der Waals surface area contributed by atoms with E-state index < -0.39 is 10.0 Å². The maximum atomic E-state index is 11.3. The molecule has 0 saturated heterocycles. The first kappa shape index (κ1) is 13.1. The summed E-state index contributed by atoms with van der Waals surface area (Å²) in [6.45, 7) is 0.885. The first-order valence-corrected chi connectivity index (χ1v) is 6.71. The average Bonchev–Trinajstić information content (AvgIpc) is 2.75. The molecule has 1 rings (SSSR count). The van der Waals surface area contributed by atoms with Crippen LogP contribution in [0.15, 0.2) is 12.4 Å². The molecule has 0 aliphatic rings. The minimum atomic E-state index is -3.24. The second-order valence-corrected chi connectivity index (χ2v) is 5.24. The van der Waals surface area contributed by atoms with Gasteiger partial charge in [-0.15, -0.1) is 5.10 Å². The van der Waals surface area contributed by atoms with Gasteiger partial charge in [-0.25, -0.2) is 13.1 Å². The third-order valence-corrected chi connectivity index (χ3v) is 3.40. The minimum absolute atomic E-state index is 0.0349. The zero-order valence-electron chi connectivity index (χ0n) is 8.91. The Hall–Kier alpha value is -0.990. The maximum Gasteiger partial charge on any atom is 0.211 e. The number of hydrogen-bond acceptors (Lipinski definition) is 5. The molecule has 0 aromatic carbocycles. The lowest BCUT2D eigenvalue weighted by molar-refractivity contribution is 0.295. The van der Waals surface area contributed by atoms with E-state index >= 15 is 0 Å². The van der Waals surface area contributed by atoms with Crippen molar-refractivity contribution in [3.05, 3.63) is 12.4 Å². The lowest BCUT2D eigenvalue weighted by Crippen LogP contribution is -2.28. The lowest BCUT2D eigenvalue weighted by atomic mass is 10.4. The summed E-state index contributed by atoms with van der Waals surface area (Å²) in [6, 6.07) is 0. The summed E-state index contributed by atoms with van der Waals surface area (Å²) in [5.41, 5.74) is 0. The average molecular weight is 248 g/mol. The van der Waals surface area contributed by atoms with Crippen molar-refractivity contribution < 1.29 is 13.5 Å². The van der Waals surface area contributed by atoms with Crippen molar-refractivity contribution in [3.63, 3.8) is 0 Å². The summed E-state index contributed by atoms with van der Waals surface area (Å²) in [6.07, 6.45) is 4.21. The van der Waals surface area contributed by atoms with Crippen LogP contribution in [0.25, 0.3) is 0 Å². The molecule has 2 N–H and O–H groups in total. The van der Waals surface area contributed by atoms with Crippen LogP contribution in [0.4, 0.5) is 0 Å². The number of nitrogens with zero attached hydrogens (tertiary/aromatic N) is 3. The Labute approximate surface area is 94.5 Å². The van der Waals surface area contributed by atoms with Gasteiger partial charge in [-0.05, 0) is 12.8 Å². The van der Waals surface area contributed by atoms with Crippen molar-refractivity contribution in [1.82, 2.24) is 19.7 Å². The number of hydrogen-bond donors (Lipinski definition) is 2. The predicted octanol–water partition coefficient (Wildman–Crippen LogP) is -1.03. The molecule has 92 valence electrons. The highest BCUT2D eigenvalue weighted by Gasteiger charge is 2.07. The molecular formula is C8H16N4O3S. The van der Waals surface area contributed by atoms with Crippen molar-refractivity contribution in [1.29, 1.82) is 0 Å². The molecule has 0 spiro atoms. The highest BCUT2D eigenvalue weighted by Crippen LogP contribution is 1.91. The van der Waals surface area contributed by atoms with Gasteiger partial charge in [0.25, 0.3) is 0 Å². The van der Waals surface area contributed by atoms with Gasteiger partial charge in [-0.3, -0.25) is 4.68 Å². The van der Waals surface area contributed by atoms with Crippen LogP contribution in [0.1, 0.15) is 12.8 Å². The van der Waals surface area contributed by atoms with E-state index in [1.54, 1.807) is 17.1 Å². The van der Waals surface area contributed by atoms with E-state index in [1.165, 1.54) is 0 Å². The maximum absolute atomic E-state index is 11.3. The largest absolute Gasteiger partial charge is 0.396 e. The molecule has 1 heterocycles. The molecule has 0 unspecified atom stereocenters. The van der Waals surface area contributed by atoms with Crippen LogP contribution < -0.4 is 4.72 Å². The first-order valence-electron chi connectivity index (χ1n) is 5.06. The van der Waals surface area contributed by atoms with Crippen LogP contribution in [-0.4, -0.2) is 47.4 Å². The van der Waals surface area contributed by atoms with Gasteiger partial charge >= 0.3 is 0 Å². The quantitative estimate of drug-likeness (QED) is 0.573. The van der Waals surface area contributed by atoms with Crippen LogP contribution in [0.2, 0.25) is 0 Å². The summed E-state index contributed by atoms with van der Waals surface area (Å²) in [7, 11) is -3.24. The molecular weight excluding hydrogens is 232 g/mol. The van der Waals surface area contributed by atoms with E-state index in [0.717, 1.165) is 0 Å². The van der Waals surface area contributed by atoms with E-state index in [1.807, 2.05) is 0 Å². The first-order chi connectivity index (χ1) is 7.64. The lowest BCUT2D eigenvalue weighted by Gasteiger charge is -2.05. The molecule has 0 aliphatic heterocycles. The van der Waals surface area contributed by atoms with E-state index in [2.05, 4.69) is 15.0 Å². The van der Waals surface area contributed by atoms with E-state index in [0.29, 0.717) is 19.5 Å². The van der Waals surface area contributed by atoms with Crippen molar-refractivity contribution in [2.45, 2.75) is 19.4 Å². The third-order valence-electron chi connectivity index (χ3n) is 1.93. The number of sulfonamides is 1.